The van der Waals surface area contributed by atoms with E-state index in [-0.39, 0.29) is 5.91 Å². The van der Waals surface area contributed by atoms with E-state index in [1.165, 1.54) is 12.1 Å². The van der Waals surface area contributed by atoms with E-state index < -0.39 is 11.7 Å². The van der Waals surface area contributed by atoms with Gasteiger partial charge >= 0.3 is 6.18 Å². The van der Waals surface area contributed by atoms with Crippen molar-refractivity contribution in [2.45, 2.75) is 12.6 Å². The average Bonchev–Trinajstić information content (AvgIpc) is 3.09. The fourth-order valence-corrected chi connectivity index (χ4v) is 3.40. The molecule has 26 heavy (non-hydrogen) atoms. The minimum atomic E-state index is -4.37. The van der Waals surface area contributed by atoms with Crippen LogP contribution >= 0.6 is 0 Å². The van der Waals surface area contributed by atoms with Crippen LogP contribution in [-0.4, -0.2) is 37.5 Å². The number of likely N-dealkylation sites (tertiary alicyclic amines) is 1. The Balaban J connectivity index is 1.86. The molecule has 1 aliphatic rings. The Labute approximate surface area is 150 Å². The van der Waals surface area contributed by atoms with E-state index >= 15 is 0 Å². The second-order valence-electron chi connectivity index (χ2n) is 6.58. The minimum Gasteiger partial charge on any atom is -0.338 e. The molecule has 1 atom stereocenters. The summed E-state index contributed by atoms with van der Waals surface area (Å²) < 4.78 is 38.3. The van der Waals surface area contributed by atoms with Gasteiger partial charge in [-0.25, -0.2) is 0 Å². The molecule has 0 bridgehead atoms. The van der Waals surface area contributed by atoms with Crippen LogP contribution in [0.5, 0.6) is 0 Å². The van der Waals surface area contributed by atoms with Crippen molar-refractivity contribution in [3.8, 4) is 11.1 Å². The van der Waals surface area contributed by atoms with Crippen molar-refractivity contribution in [2.24, 2.45) is 5.92 Å². The molecular formula is C20H21F3N2O. The first kappa shape index (κ1) is 18.5. The Bertz CT molecular complexity index is 771. The molecule has 1 amide bonds. The number of hydrogen-bond donors (Lipinski definition) is 1. The van der Waals surface area contributed by atoms with Crippen molar-refractivity contribution in [3.05, 3.63) is 59.7 Å². The number of carbonyl (C=O) groups excluding carboxylic acids is 1. The third kappa shape index (κ3) is 3.90. The van der Waals surface area contributed by atoms with Crippen LogP contribution < -0.4 is 5.32 Å². The number of alkyl halides is 3. The molecule has 3 rings (SSSR count). The molecule has 0 unspecified atom stereocenters. The highest BCUT2D eigenvalue weighted by atomic mass is 19.4. The maximum Gasteiger partial charge on any atom is 0.416 e. The number of nitrogens with zero attached hydrogens (tertiary/aromatic N) is 1. The van der Waals surface area contributed by atoms with E-state index in [2.05, 4.69) is 5.32 Å². The molecule has 2 aromatic carbocycles. The fourth-order valence-electron chi connectivity index (χ4n) is 3.40. The predicted molar refractivity (Wildman–Crippen MR) is 94.8 cm³/mol. The van der Waals surface area contributed by atoms with Gasteiger partial charge in [0.05, 0.1) is 5.56 Å². The summed E-state index contributed by atoms with van der Waals surface area (Å²) in [6.45, 7) is 2.26. The van der Waals surface area contributed by atoms with E-state index in [0.29, 0.717) is 35.7 Å². The zero-order valence-electron chi connectivity index (χ0n) is 14.5. The minimum absolute atomic E-state index is 0.0703. The maximum absolute atomic E-state index is 12.9. The first-order chi connectivity index (χ1) is 12.4. The highest BCUT2D eigenvalue weighted by molar-refractivity contribution is 6.01. The van der Waals surface area contributed by atoms with E-state index in [1.807, 2.05) is 11.9 Å². The van der Waals surface area contributed by atoms with E-state index in [4.69, 9.17) is 0 Å². The van der Waals surface area contributed by atoms with Gasteiger partial charge in [-0.05, 0) is 55.3 Å². The molecule has 1 aliphatic heterocycles. The van der Waals surface area contributed by atoms with Crippen LogP contribution in [0, 0.1) is 5.92 Å². The van der Waals surface area contributed by atoms with Gasteiger partial charge in [0.25, 0.3) is 5.91 Å². The number of amides is 1. The topological polar surface area (TPSA) is 32.3 Å². The number of nitrogens with one attached hydrogen (secondary N) is 1. The first-order valence-electron chi connectivity index (χ1n) is 8.60. The molecule has 0 saturated carbocycles. The van der Waals surface area contributed by atoms with E-state index in [1.54, 1.807) is 24.3 Å². The smallest absolute Gasteiger partial charge is 0.338 e. The zero-order chi connectivity index (χ0) is 18.7. The van der Waals surface area contributed by atoms with Crippen molar-refractivity contribution in [2.75, 3.05) is 26.7 Å². The fraction of sp³-hybridized carbons (Fsp3) is 0.350. The summed E-state index contributed by atoms with van der Waals surface area (Å²) >= 11 is 0. The number of carbonyl (C=O) groups is 1. The van der Waals surface area contributed by atoms with Gasteiger partial charge in [0, 0.05) is 18.7 Å². The van der Waals surface area contributed by atoms with Gasteiger partial charge < -0.3 is 10.2 Å². The Kier molecular flexibility index (Phi) is 5.32. The van der Waals surface area contributed by atoms with Crippen molar-refractivity contribution in [3.63, 3.8) is 0 Å². The van der Waals surface area contributed by atoms with Gasteiger partial charge in [-0.2, -0.15) is 13.2 Å². The molecule has 3 nitrogen and oxygen atoms in total. The summed E-state index contributed by atoms with van der Waals surface area (Å²) in [6.07, 6.45) is -3.42. The second-order valence-corrected chi connectivity index (χ2v) is 6.58. The summed E-state index contributed by atoms with van der Waals surface area (Å²) in [4.78, 5) is 14.8. The van der Waals surface area contributed by atoms with Gasteiger partial charge in [0.15, 0.2) is 0 Å². The summed E-state index contributed by atoms with van der Waals surface area (Å²) in [5.41, 5.74) is 1.09. The molecule has 0 aromatic heterocycles. The van der Waals surface area contributed by atoms with Crippen LogP contribution in [0.1, 0.15) is 22.3 Å². The van der Waals surface area contributed by atoms with Crippen LogP contribution in [0.2, 0.25) is 0 Å². The van der Waals surface area contributed by atoms with Gasteiger partial charge in [0.2, 0.25) is 0 Å². The molecule has 138 valence electrons. The lowest BCUT2D eigenvalue weighted by molar-refractivity contribution is -0.137. The largest absolute Gasteiger partial charge is 0.416 e. The molecule has 1 N–H and O–H groups in total. The lowest BCUT2D eigenvalue weighted by Gasteiger charge is -2.19. The summed E-state index contributed by atoms with van der Waals surface area (Å²) in [5, 5.41) is 3.13. The third-order valence-corrected chi connectivity index (χ3v) is 4.75. The highest BCUT2D eigenvalue weighted by Crippen LogP contribution is 2.32. The van der Waals surface area contributed by atoms with Gasteiger partial charge in [-0.1, -0.05) is 30.3 Å². The normalized spacial score (nSPS) is 17.5. The van der Waals surface area contributed by atoms with Crippen LogP contribution in [0.4, 0.5) is 13.2 Å². The van der Waals surface area contributed by atoms with Crippen LogP contribution in [-0.2, 0) is 6.18 Å². The summed E-state index contributed by atoms with van der Waals surface area (Å²) in [6, 6.07) is 12.0. The Morgan fingerprint density at radius 2 is 1.85 bits per heavy atom. The number of benzene rings is 2. The van der Waals surface area contributed by atoms with Gasteiger partial charge in [-0.15, -0.1) is 0 Å². The Morgan fingerprint density at radius 1 is 1.15 bits per heavy atom. The molecule has 2 aromatic rings. The van der Waals surface area contributed by atoms with E-state index in [0.717, 1.165) is 25.1 Å². The van der Waals surface area contributed by atoms with E-state index in [9.17, 15) is 18.0 Å². The zero-order valence-corrected chi connectivity index (χ0v) is 14.5. The van der Waals surface area contributed by atoms with Crippen LogP contribution in [0.25, 0.3) is 11.1 Å². The molecule has 0 radical (unpaired) electrons. The standard InChI is InChI=1S/C20H21F3N2O/c1-24-12-14-10-11-25(13-14)19(26)18-5-3-2-4-17(18)15-6-8-16(9-7-15)20(21,22)23/h2-9,14,24H,10-13H2,1H3/t14-/m1/s1. The molecular weight excluding hydrogens is 341 g/mol. The Morgan fingerprint density at radius 3 is 2.50 bits per heavy atom. The average molecular weight is 362 g/mol. The third-order valence-electron chi connectivity index (χ3n) is 4.75. The van der Waals surface area contributed by atoms with Crippen LogP contribution in [0.3, 0.4) is 0 Å². The van der Waals surface area contributed by atoms with Crippen molar-refractivity contribution in [1.29, 1.82) is 0 Å². The van der Waals surface area contributed by atoms with Crippen molar-refractivity contribution < 1.29 is 18.0 Å². The molecule has 0 aliphatic carbocycles. The van der Waals surface area contributed by atoms with Gasteiger partial charge in [-0.3, -0.25) is 4.79 Å². The first-order valence-corrected chi connectivity index (χ1v) is 8.60. The quantitative estimate of drug-likeness (QED) is 0.890. The Hall–Kier alpha value is -2.34. The summed E-state index contributed by atoms with van der Waals surface area (Å²) in [7, 11) is 1.89. The molecule has 0 spiro atoms. The lowest BCUT2D eigenvalue weighted by Crippen LogP contribution is -2.30. The van der Waals surface area contributed by atoms with Crippen LogP contribution in [0.15, 0.2) is 48.5 Å². The SMILES string of the molecule is CNC[C@H]1CCN(C(=O)c2ccccc2-c2ccc(C(F)(F)F)cc2)C1. The second kappa shape index (κ2) is 7.50. The number of halogens is 3. The lowest BCUT2D eigenvalue weighted by atomic mass is 9.98. The molecule has 1 heterocycles. The van der Waals surface area contributed by atoms with Gasteiger partial charge in [0.1, 0.15) is 0 Å². The summed E-state index contributed by atoms with van der Waals surface area (Å²) in [5.74, 6) is 0.362. The molecule has 1 fully saturated rings. The van der Waals surface area contributed by atoms with Crippen molar-refractivity contribution in [1.82, 2.24) is 10.2 Å². The van der Waals surface area contributed by atoms with Crippen molar-refractivity contribution >= 4 is 5.91 Å². The molecule has 6 heteroatoms. The highest BCUT2D eigenvalue weighted by Gasteiger charge is 2.30. The predicted octanol–water partition coefficient (Wildman–Crippen LogP) is 4.05. The molecule has 1 saturated heterocycles. The number of rotatable bonds is 4. The monoisotopic (exact) mass is 362 g/mol. The maximum atomic E-state index is 12.9. The number of hydrogen-bond acceptors (Lipinski definition) is 2.